The van der Waals surface area contributed by atoms with Gasteiger partial charge in [0, 0.05) is 31.2 Å². The van der Waals surface area contributed by atoms with Gasteiger partial charge in [-0.15, -0.1) is 0 Å². The zero-order valence-corrected chi connectivity index (χ0v) is 16.3. The lowest BCUT2D eigenvalue weighted by molar-refractivity contribution is -0.131. The van der Waals surface area contributed by atoms with E-state index < -0.39 is 0 Å². The fraction of sp³-hybridized carbons (Fsp3) is 0.391. The van der Waals surface area contributed by atoms with Crippen molar-refractivity contribution >= 4 is 17.5 Å². The van der Waals surface area contributed by atoms with Gasteiger partial charge in [0.25, 0.3) is 0 Å². The molecule has 2 aliphatic rings. The fourth-order valence-electron chi connectivity index (χ4n) is 3.73. The topological polar surface area (TPSA) is 49.9 Å². The Kier molecular flexibility index (Phi) is 5.33. The summed E-state index contributed by atoms with van der Waals surface area (Å²) >= 11 is 0. The molecule has 2 aromatic carbocycles. The van der Waals surface area contributed by atoms with Crippen LogP contribution in [0.15, 0.2) is 48.5 Å². The van der Waals surface area contributed by atoms with Crippen molar-refractivity contribution in [3.8, 4) is 5.75 Å². The van der Waals surface area contributed by atoms with Crippen LogP contribution < -0.4 is 9.64 Å². The van der Waals surface area contributed by atoms with Crippen LogP contribution in [0.3, 0.4) is 0 Å². The number of hydrogen-bond donors (Lipinski definition) is 0. The molecular formula is C23H26N2O3. The van der Waals surface area contributed by atoms with E-state index in [-0.39, 0.29) is 11.8 Å². The molecule has 1 aliphatic carbocycles. The third-order valence-corrected chi connectivity index (χ3v) is 5.50. The van der Waals surface area contributed by atoms with Gasteiger partial charge in [-0.2, -0.15) is 0 Å². The molecule has 2 aromatic rings. The summed E-state index contributed by atoms with van der Waals surface area (Å²) in [6.45, 7) is 1.42. The van der Waals surface area contributed by atoms with Crippen molar-refractivity contribution in [3.63, 3.8) is 0 Å². The van der Waals surface area contributed by atoms with Crippen molar-refractivity contribution in [1.82, 2.24) is 4.90 Å². The van der Waals surface area contributed by atoms with Crippen LogP contribution in [0.25, 0.3) is 0 Å². The predicted molar refractivity (Wildman–Crippen MR) is 108 cm³/mol. The quantitative estimate of drug-likeness (QED) is 0.740. The molecule has 0 radical (unpaired) electrons. The number of anilines is 1. The van der Waals surface area contributed by atoms with Gasteiger partial charge in [0.05, 0.1) is 13.5 Å². The fourth-order valence-corrected chi connectivity index (χ4v) is 3.73. The molecule has 0 bridgehead atoms. The summed E-state index contributed by atoms with van der Waals surface area (Å²) in [7, 11) is 1.65. The largest absolute Gasteiger partial charge is 0.497 e. The maximum atomic E-state index is 13.0. The molecule has 1 saturated carbocycles. The van der Waals surface area contributed by atoms with E-state index in [0.717, 1.165) is 48.4 Å². The highest BCUT2D eigenvalue weighted by atomic mass is 16.5. The van der Waals surface area contributed by atoms with Crippen molar-refractivity contribution in [2.75, 3.05) is 18.6 Å². The summed E-state index contributed by atoms with van der Waals surface area (Å²) in [6.07, 6.45) is 4.10. The maximum absolute atomic E-state index is 13.0. The standard InChI is InChI=1S/C23H26N2O3/c1-28-21-12-6-18(7-13-21)16-25(20-10-11-20)23(27)15-17-4-8-19(9-5-17)24-14-2-3-22(24)26/h4-9,12-13,20H,2-3,10-11,14-16H2,1H3. The van der Waals surface area contributed by atoms with Gasteiger partial charge in [-0.1, -0.05) is 24.3 Å². The summed E-state index contributed by atoms with van der Waals surface area (Å²) in [5, 5.41) is 0. The number of hydrogen-bond acceptors (Lipinski definition) is 3. The number of nitrogens with zero attached hydrogens (tertiary/aromatic N) is 2. The Morgan fingerprint density at radius 1 is 1.07 bits per heavy atom. The minimum atomic E-state index is 0.156. The van der Waals surface area contributed by atoms with E-state index in [1.54, 1.807) is 7.11 Å². The molecule has 0 unspecified atom stereocenters. The molecule has 0 atom stereocenters. The first kappa shape index (κ1) is 18.5. The second-order valence-electron chi connectivity index (χ2n) is 7.59. The molecule has 1 aliphatic heterocycles. The third kappa shape index (κ3) is 4.19. The third-order valence-electron chi connectivity index (χ3n) is 5.50. The van der Waals surface area contributed by atoms with Gasteiger partial charge in [-0.25, -0.2) is 0 Å². The molecule has 5 heteroatoms. The highest BCUT2D eigenvalue weighted by Gasteiger charge is 2.32. The van der Waals surface area contributed by atoms with Gasteiger partial charge in [-0.3, -0.25) is 9.59 Å². The van der Waals surface area contributed by atoms with Crippen LogP contribution in [0.1, 0.15) is 36.8 Å². The van der Waals surface area contributed by atoms with Crippen molar-refractivity contribution in [1.29, 1.82) is 0 Å². The predicted octanol–water partition coefficient (Wildman–Crippen LogP) is 3.56. The van der Waals surface area contributed by atoms with Crippen LogP contribution in [0.2, 0.25) is 0 Å². The highest BCUT2D eigenvalue weighted by Crippen LogP contribution is 2.30. The maximum Gasteiger partial charge on any atom is 0.227 e. The van der Waals surface area contributed by atoms with Crippen molar-refractivity contribution in [2.45, 2.75) is 44.7 Å². The number of rotatable bonds is 7. The number of amides is 2. The lowest BCUT2D eigenvalue weighted by Crippen LogP contribution is -2.33. The van der Waals surface area contributed by atoms with E-state index in [0.29, 0.717) is 25.4 Å². The molecule has 146 valence electrons. The molecule has 28 heavy (non-hydrogen) atoms. The second kappa shape index (κ2) is 8.05. The lowest BCUT2D eigenvalue weighted by Gasteiger charge is -2.23. The van der Waals surface area contributed by atoms with Crippen LogP contribution in [0.5, 0.6) is 5.75 Å². The van der Waals surface area contributed by atoms with E-state index in [1.807, 2.05) is 58.3 Å². The van der Waals surface area contributed by atoms with Crippen LogP contribution in [-0.4, -0.2) is 36.4 Å². The van der Waals surface area contributed by atoms with Gasteiger partial charge in [-0.05, 0) is 54.7 Å². The molecule has 2 amide bonds. The first-order valence-electron chi connectivity index (χ1n) is 9.96. The van der Waals surface area contributed by atoms with E-state index in [9.17, 15) is 9.59 Å². The number of carbonyl (C=O) groups is 2. The Hall–Kier alpha value is -2.82. The average molecular weight is 378 g/mol. The van der Waals surface area contributed by atoms with Crippen LogP contribution in [0, 0.1) is 0 Å². The smallest absolute Gasteiger partial charge is 0.227 e. The van der Waals surface area contributed by atoms with Crippen LogP contribution in [-0.2, 0) is 22.6 Å². The van der Waals surface area contributed by atoms with E-state index in [2.05, 4.69) is 0 Å². The van der Waals surface area contributed by atoms with Crippen molar-refractivity contribution < 1.29 is 14.3 Å². The minimum absolute atomic E-state index is 0.156. The van der Waals surface area contributed by atoms with Gasteiger partial charge >= 0.3 is 0 Å². The van der Waals surface area contributed by atoms with Gasteiger partial charge in [0.15, 0.2) is 0 Å². The number of ether oxygens (including phenoxy) is 1. The Labute approximate surface area is 165 Å². The number of benzene rings is 2. The molecule has 2 fully saturated rings. The Bertz CT molecular complexity index is 841. The monoisotopic (exact) mass is 378 g/mol. The molecule has 0 aromatic heterocycles. The molecule has 1 saturated heterocycles. The van der Waals surface area contributed by atoms with Crippen molar-refractivity contribution in [2.24, 2.45) is 0 Å². The molecule has 1 heterocycles. The average Bonchev–Trinajstić information content (AvgIpc) is 3.47. The molecule has 5 nitrogen and oxygen atoms in total. The van der Waals surface area contributed by atoms with Crippen LogP contribution >= 0.6 is 0 Å². The molecule has 4 rings (SSSR count). The van der Waals surface area contributed by atoms with E-state index in [1.165, 1.54) is 0 Å². The second-order valence-corrected chi connectivity index (χ2v) is 7.59. The zero-order chi connectivity index (χ0) is 19.5. The molecule has 0 spiro atoms. The minimum Gasteiger partial charge on any atom is -0.497 e. The van der Waals surface area contributed by atoms with Gasteiger partial charge < -0.3 is 14.5 Å². The lowest BCUT2D eigenvalue weighted by atomic mass is 10.1. The number of carbonyl (C=O) groups excluding carboxylic acids is 2. The molecular weight excluding hydrogens is 352 g/mol. The molecule has 0 N–H and O–H groups in total. The first-order valence-corrected chi connectivity index (χ1v) is 9.96. The van der Waals surface area contributed by atoms with Crippen LogP contribution in [0.4, 0.5) is 5.69 Å². The Morgan fingerprint density at radius 3 is 2.32 bits per heavy atom. The van der Waals surface area contributed by atoms with Crippen molar-refractivity contribution in [3.05, 3.63) is 59.7 Å². The SMILES string of the molecule is COc1ccc(CN(C(=O)Cc2ccc(N3CCCC3=O)cc2)C2CC2)cc1. The van der Waals surface area contributed by atoms with Gasteiger partial charge in [0.1, 0.15) is 5.75 Å². The van der Waals surface area contributed by atoms with Gasteiger partial charge in [0.2, 0.25) is 11.8 Å². The first-order chi connectivity index (χ1) is 13.6. The zero-order valence-electron chi connectivity index (χ0n) is 16.3. The Morgan fingerprint density at radius 2 is 1.75 bits per heavy atom. The van der Waals surface area contributed by atoms with E-state index in [4.69, 9.17) is 4.74 Å². The highest BCUT2D eigenvalue weighted by molar-refractivity contribution is 5.95. The summed E-state index contributed by atoms with van der Waals surface area (Å²) < 4.78 is 5.21. The number of methoxy groups -OCH3 is 1. The van der Waals surface area contributed by atoms with E-state index >= 15 is 0 Å². The Balaban J connectivity index is 1.41. The summed E-state index contributed by atoms with van der Waals surface area (Å²) in [5.41, 5.74) is 3.03. The normalized spacial score (nSPS) is 16.3. The summed E-state index contributed by atoms with van der Waals surface area (Å²) in [4.78, 5) is 28.7. The summed E-state index contributed by atoms with van der Waals surface area (Å²) in [5.74, 6) is 1.16. The summed E-state index contributed by atoms with van der Waals surface area (Å²) in [6, 6.07) is 16.1.